The van der Waals surface area contributed by atoms with Crippen molar-refractivity contribution in [2.45, 2.75) is 80.7 Å². The van der Waals surface area contributed by atoms with Gasteiger partial charge in [0.2, 0.25) is 20.0 Å². The highest BCUT2D eigenvalue weighted by Gasteiger charge is 2.45. The Labute approximate surface area is 245 Å². The number of carbonyl (C=O) groups is 1. The van der Waals surface area contributed by atoms with Gasteiger partial charge in [0.25, 0.3) is 12.0 Å². The summed E-state index contributed by atoms with van der Waals surface area (Å²) in [6.07, 6.45) is 2.38. The molecule has 0 bridgehead atoms. The molecule has 228 valence electrons. The summed E-state index contributed by atoms with van der Waals surface area (Å²) in [5, 5.41) is 2.77. The number of amides is 1. The fourth-order valence-corrected chi connectivity index (χ4v) is 8.21. The zero-order valence-corrected chi connectivity index (χ0v) is 25.5. The molecule has 9 nitrogen and oxygen atoms in total. The lowest BCUT2D eigenvalue weighted by Gasteiger charge is -2.35. The predicted molar refractivity (Wildman–Crippen MR) is 157 cm³/mol. The summed E-state index contributed by atoms with van der Waals surface area (Å²) < 4.78 is 82.6. The first-order chi connectivity index (χ1) is 19.6. The Morgan fingerprint density at radius 2 is 1.55 bits per heavy atom. The van der Waals surface area contributed by atoms with Gasteiger partial charge in [-0.05, 0) is 107 Å². The van der Waals surface area contributed by atoms with Crippen LogP contribution in [0.3, 0.4) is 0 Å². The molecule has 0 radical (unpaired) electrons. The van der Waals surface area contributed by atoms with Crippen molar-refractivity contribution < 1.29 is 30.4 Å². The van der Waals surface area contributed by atoms with Gasteiger partial charge in [0.05, 0.1) is 21.0 Å². The molecule has 5 rings (SSSR count). The molecule has 1 aliphatic heterocycles. The van der Waals surface area contributed by atoms with Gasteiger partial charge in [-0.1, -0.05) is 6.07 Å². The first-order valence-electron chi connectivity index (χ1n) is 14.0. The molecule has 0 atom stereocenters. The Morgan fingerprint density at radius 3 is 2.14 bits per heavy atom. The van der Waals surface area contributed by atoms with E-state index in [4.69, 9.17) is 0 Å². The van der Waals surface area contributed by atoms with Gasteiger partial charge in [0.15, 0.2) is 0 Å². The Kier molecular flexibility index (Phi) is 8.01. The molecule has 1 amide bonds. The van der Waals surface area contributed by atoms with E-state index in [1.54, 1.807) is 26.8 Å². The molecule has 42 heavy (non-hydrogen) atoms. The third kappa shape index (κ3) is 6.85. The Morgan fingerprint density at radius 1 is 0.905 bits per heavy atom. The summed E-state index contributed by atoms with van der Waals surface area (Å²) in [6, 6.07) is 9.53. The average molecular weight is 623 g/mol. The Balaban J connectivity index is 1.41. The number of benzene rings is 2. The zero-order valence-electron chi connectivity index (χ0n) is 23.8. The summed E-state index contributed by atoms with van der Waals surface area (Å²) in [5.74, 6) is -0.515. The molecule has 2 aliphatic carbocycles. The second kappa shape index (κ2) is 11.0. The number of anilines is 2. The average Bonchev–Trinajstić information content (AvgIpc) is 3.63. The highest BCUT2D eigenvalue weighted by atomic mass is 32.2. The highest BCUT2D eigenvalue weighted by molar-refractivity contribution is 7.89. The van der Waals surface area contributed by atoms with Crippen LogP contribution in [0, 0.1) is 5.41 Å². The maximum atomic E-state index is 13.6. The normalized spacial score (nSPS) is 20.3. The number of halogens is 2. The van der Waals surface area contributed by atoms with Crippen molar-refractivity contribution >= 4 is 37.3 Å². The van der Waals surface area contributed by atoms with E-state index < -0.39 is 43.6 Å². The molecule has 2 aromatic rings. The first kappa shape index (κ1) is 30.6. The monoisotopic (exact) mass is 622 g/mol. The van der Waals surface area contributed by atoms with E-state index in [1.807, 2.05) is 4.90 Å². The van der Waals surface area contributed by atoms with Crippen LogP contribution in [-0.4, -0.2) is 47.4 Å². The number of hydrogen-bond acceptors (Lipinski definition) is 6. The maximum Gasteiger partial charge on any atom is 0.269 e. The number of rotatable bonds is 8. The van der Waals surface area contributed by atoms with E-state index in [9.17, 15) is 30.4 Å². The van der Waals surface area contributed by atoms with Crippen LogP contribution in [0.5, 0.6) is 0 Å². The molecule has 2 aromatic carbocycles. The molecule has 3 aliphatic rings. The number of carbonyl (C=O) groups excluding carboxylic acids is 1. The van der Waals surface area contributed by atoms with Gasteiger partial charge in [-0.2, -0.15) is 8.78 Å². The number of nitrogens with zero attached hydrogens (tertiary/aromatic N) is 1. The fourth-order valence-electron chi connectivity index (χ4n) is 5.49. The largest absolute Gasteiger partial charge is 0.371 e. The van der Waals surface area contributed by atoms with Gasteiger partial charge >= 0.3 is 0 Å². The van der Waals surface area contributed by atoms with Gasteiger partial charge < -0.3 is 10.2 Å². The molecule has 2 saturated carbocycles. The zero-order chi connectivity index (χ0) is 30.5. The van der Waals surface area contributed by atoms with Gasteiger partial charge in [-0.25, -0.2) is 26.3 Å². The maximum absolute atomic E-state index is 13.6. The first-order valence-corrected chi connectivity index (χ1v) is 16.9. The minimum absolute atomic E-state index is 0.00429. The summed E-state index contributed by atoms with van der Waals surface area (Å²) >= 11 is 0. The summed E-state index contributed by atoms with van der Waals surface area (Å²) in [7, 11) is -7.87. The van der Waals surface area contributed by atoms with Crippen LogP contribution >= 0.6 is 0 Å². The van der Waals surface area contributed by atoms with Crippen LogP contribution in [-0.2, 0) is 20.0 Å². The van der Waals surface area contributed by atoms with Crippen LogP contribution in [0.15, 0.2) is 63.9 Å². The van der Waals surface area contributed by atoms with Crippen LogP contribution in [0.1, 0.15) is 69.7 Å². The van der Waals surface area contributed by atoms with Gasteiger partial charge in [-0.3, -0.25) is 4.79 Å². The smallest absolute Gasteiger partial charge is 0.269 e. The molecule has 3 N–H and O–H groups in total. The lowest BCUT2D eigenvalue weighted by Crippen LogP contribution is -2.41. The van der Waals surface area contributed by atoms with Crippen molar-refractivity contribution in [3.05, 3.63) is 59.7 Å². The summed E-state index contributed by atoms with van der Waals surface area (Å²) in [6.45, 7) is 6.51. The topological polar surface area (TPSA) is 125 Å². The van der Waals surface area contributed by atoms with E-state index in [0.717, 1.165) is 12.8 Å². The minimum Gasteiger partial charge on any atom is -0.371 e. The second-order valence-electron chi connectivity index (χ2n) is 12.6. The number of nitrogens with one attached hydrogen (secondary N) is 3. The van der Waals surface area contributed by atoms with Crippen molar-refractivity contribution in [3.8, 4) is 0 Å². The van der Waals surface area contributed by atoms with Gasteiger partial charge in [0, 0.05) is 30.4 Å². The Bertz CT molecular complexity index is 1630. The third-order valence-electron chi connectivity index (χ3n) is 8.06. The lowest BCUT2D eigenvalue weighted by molar-refractivity contribution is 0.102. The second-order valence-corrected chi connectivity index (χ2v) is 16.0. The molecular formula is C29H36F2N4O5S2. The lowest BCUT2D eigenvalue weighted by atomic mass is 9.88. The van der Waals surface area contributed by atoms with Crippen molar-refractivity contribution in [1.29, 1.82) is 0 Å². The van der Waals surface area contributed by atoms with E-state index in [1.165, 1.54) is 49.2 Å². The highest BCUT2D eigenvalue weighted by Crippen LogP contribution is 2.54. The van der Waals surface area contributed by atoms with Crippen LogP contribution in [0.4, 0.5) is 20.2 Å². The van der Waals surface area contributed by atoms with E-state index in [2.05, 4.69) is 14.8 Å². The van der Waals surface area contributed by atoms with Crippen LogP contribution in [0.25, 0.3) is 0 Å². The van der Waals surface area contributed by atoms with E-state index in [-0.39, 0.29) is 39.5 Å². The molecule has 1 spiro atoms. The van der Waals surface area contributed by atoms with Crippen molar-refractivity contribution in [2.24, 2.45) is 5.41 Å². The standard InChI is InChI=1S/C29H36F2N4O5S2/c1-28(2,3)34-42(39,40)22-6-4-5-20(17-22)32-27(36)24-8-7-23(41(37,38)33-21-15-19(16-21)26(30)31)18-25(24)35-13-11-29(9-10-29)12-14-35/h4-8,17-18,21,33-34H,9-16H2,1-3H3,(H,32,36). The van der Waals surface area contributed by atoms with Crippen LogP contribution < -0.4 is 19.7 Å². The summed E-state index contributed by atoms with van der Waals surface area (Å²) in [4.78, 5) is 15.5. The van der Waals surface area contributed by atoms with Crippen molar-refractivity contribution in [2.75, 3.05) is 23.3 Å². The molecule has 1 saturated heterocycles. The number of sulfonamides is 2. The molecule has 3 fully saturated rings. The molecule has 1 heterocycles. The van der Waals surface area contributed by atoms with E-state index in [0.29, 0.717) is 24.2 Å². The molecule has 0 unspecified atom stereocenters. The third-order valence-corrected chi connectivity index (χ3v) is 11.3. The minimum atomic E-state index is -4.03. The predicted octanol–water partition coefficient (Wildman–Crippen LogP) is 4.99. The molecular weight excluding hydrogens is 586 g/mol. The van der Waals surface area contributed by atoms with Gasteiger partial charge in [0.1, 0.15) is 0 Å². The molecule has 13 heteroatoms. The van der Waals surface area contributed by atoms with E-state index >= 15 is 0 Å². The van der Waals surface area contributed by atoms with Crippen molar-refractivity contribution in [1.82, 2.24) is 9.44 Å². The Hall–Kier alpha value is -2.87. The van der Waals surface area contributed by atoms with Crippen molar-refractivity contribution in [3.63, 3.8) is 0 Å². The number of hydrogen-bond donors (Lipinski definition) is 3. The molecule has 0 aromatic heterocycles. The van der Waals surface area contributed by atoms with Crippen LogP contribution in [0.2, 0.25) is 0 Å². The summed E-state index contributed by atoms with van der Waals surface area (Å²) in [5.41, 5.74) is 0.564. The quantitative estimate of drug-likeness (QED) is 0.381. The SMILES string of the molecule is CC(C)(C)NS(=O)(=O)c1cccc(NC(=O)c2ccc(S(=O)(=O)NC3CC(=C(F)F)C3)cc2N2CCC3(CC2)CC3)c1. The number of piperidine rings is 1. The fraction of sp³-hybridized carbons (Fsp3) is 0.483. The van der Waals surface area contributed by atoms with Gasteiger partial charge in [-0.15, -0.1) is 0 Å².